The Balaban J connectivity index is 1.63. The molecule has 4 rings (SSSR count). The molecular weight excluding hydrogens is 535 g/mol. The third-order valence-corrected chi connectivity index (χ3v) is 8.19. The van der Waals surface area contributed by atoms with Gasteiger partial charge >= 0.3 is 0 Å². The Morgan fingerprint density at radius 1 is 1.22 bits per heavy atom. The number of rotatable bonds is 7. The Kier molecular flexibility index (Phi) is 8.10. The second-order valence-electron chi connectivity index (χ2n) is 8.42. The number of benzene rings is 1. The lowest BCUT2D eigenvalue weighted by Gasteiger charge is -2.23. The maximum Gasteiger partial charge on any atom is 0.254 e. The first-order valence-electron chi connectivity index (χ1n) is 11.6. The smallest absolute Gasteiger partial charge is 0.254 e. The number of nitrogens with zero attached hydrogens (tertiary/aromatic N) is 1. The minimum atomic E-state index is 0.0577. The summed E-state index contributed by atoms with van der Waals surface area (Å²) in [5, 5.41) is 4.14. The van der Waals surface area contributed by atoms with Crippen molar-refractivity contribution < 1.29 is 14.3 Å². The second kappa shape index (κ2) is 11.0. The maximum absolute atomic E-state index is 13.3. The van der Waals surface area contributed by atoms with E-state index in [-0.39, 0.29) is 5.91 Å². The third-order valence-electron chi connectivity index (χ3n) is 6.19. The Labute approximate surface area is 208 Å². The van der Waals surface area contributed by atoms with Crippen LogP contribution in [0.25, 0.3) is 0 Å². The SMILES string of the molecule is CCOc1c(I)cc(C=Nc2sc3c(c2C(=O)NC2CCCCC2)CCCC3)cc1OC. The van der Waals surface area contributed by atoms with Gasteiger partial charge in [0.05, 0.1) is 22.9 Å². The number of hydrogen-bond acceptors (Lipinski definition) is 5. The number of carbonyl (C=O) groups excluding carboxylic acids is 1. The normalized spacial score (nSPS) is 16.7. The lowest BCUT2D eigenvalue weighted by Crippen LogP contribution is -2.36. The van der Waals surface area contributed by atoms with E-state index in [2.05, 4.69) is 27.9 Å². The number of aryl methyl sites for hydroxylation is 1. The molecule has 5 nitrogen and oxygen atoms in total. The number of hydrogen-bond donors (Lipinski definition) is 1. The van der Waals surface area contributed by atoms with E-state index in [1.165, 1.54) is 36.1 Å². The lowest BCUT2D eigenvalue weighted by atomic mass is 9.93. The van der Waals surface area contributed by atoms with Gasteiger partial charge < -0.3 is 14.8 Å². The summed E-state index contributed by atoms with van der Waals surface area (Å²) in [6.07, 6.45) is 12.1. The van der Waals surface area contributed by atoms with E-state index in [0.29, 0.717) is 18.4 Å². The molecule has 0 atom stereocenters. The van der Waals surface area contributed by atoms with Crippen molar-refractivity contribution >= 4 is 51.1 Å². The molecule has 1 fully saturated rings. The van der Waals surface area contributed by atoms with Gasteiger partial charge in [0.1, 0.15) is 5.00 Å². The summed E-state index contributed by atoms with van der Waals surface area (Å²) in [5.74, 6) is 1.51. The van der Waals surface area contributed by atoms with Crippen molar-refractivity contribution in [3.63, 3.8) is 0 Å². The summed E-state index contributed by atoms with van der Waals surface area (Å²) in [5.41, 5.74) is 2.96. The van der Waals surface area contributed by atoms with Gasteiger partial charge in [-0.1, -0.05) is 19.3 Å². The monoisotopic (exact) mass is 566 g/mol. The van der Waals surface area contributed by atoms with Gasteiger partial charge in [0.25, 0.3) is 5.91 Å². The molecule has 0 spiro atoms. The van der Waals surface area contributed by atoms with E-state index >= 15 is 0 Å². The Bertz CT molecular complexity index is 996. The number of amides is 1. The van der Waals surface area contributed by atoms with Crippen LogP contribution in [0, 0.1) is 3.57 Å². The van der Waals surface area contributed by atoms with Crippen molar-refractivity contribution in [3.8, 4) is 11.5 Å². The van der Waals surface area contributed by atoms with Gasteiger partial charge in [-0.25, -0.2) is 4.99 Å². The average Bonchev–Trinajstić information content (AvgIpc) is 3.18. The summed E-state index contributed by atoms with van der Waals surface area (Å²) in [4.78, 5) is 19.5. The quantitative estimate of drug-likeness (QED) is 0.310. The fourth-order valence-electron chi connectivity index (χ4n) is 4.61. The summed E-state index contributed by atoms with van der Waals surface area (Å²) in [6, 6.07) is 4.27. The zero-order valence-corrected chi connectivity index (χ0v) is 21.8. The zero-order chi connectivity index (χ0) is 22.5. The van der Waals surface area contributed by atoms with Crippen LogP contribution in [0.5, 0.6) is 11.5 Å². The number of ether oxygens (including phenoxy) is 2. The van der Waals surface area contributed by atoms with Gasteiger partial charge in [-0.05, 0) is 91.3 Å². The molecular formula is C25H31IN2O3S. The topological polar surface area (TPSA) is 59.9 Å². The first kappa shape index (κ1) is 23.5. The summed E-state index contributed by atoms with van der Waals surface area (Å²) >= 11 is 3.94. The van der Waals surface area contributed by atoms with Gasteiger partial charge in [0, 0.05) is 17.1 Å². The van der Waals surface area contributed by atoms with Crippen LogP contribution in [0.15, 0.2) is 17.1 Å². The molecule has 0 aliphatic heterocycles. The van der Waals surface area contributed by atoms with E-state index in [0.717, 1.165) is 57.6 Å². The van der Waals surface area contributed by atoms with Crippen molar-refractivity contribution in [2.45, 2.75) is 70.8 Å². The third kappa shape index (κ3) is 5.30. The van der Waals surface area contributed by atoms with Crippen molar-refractivity contribution in [2.75, 3.05) is 13.7 Å². The molecule has 1 N–H and O–H groups in total. The molecule has 1 saturated carbocycles. The number of methoxy groups -OCH3 is 1. The standard InChI is InChI=1S/C25H31IN2O3S/c1-3-31-23-19(26)13-16(14-20(23)30-2)15-27-25-22(18-11-7-8-12-21(18)32-25)24(29)28-17-9-5-4-6-10-17/h13-15,17H,3-12H2,1-2H3,(H,28,29). The number of aliphatic imine (C=N–C) groups is 1. The predicted octanol–water partition coefficient (Wildman–Crippen LogP) is 6.45. The van der Waals surface area contributed by atoms with Gasteiger partial charge in [0.15, 0.2) is 11.5 Å². The molecule has 0 bridgehead atoms. The van der Waals surface area contributed by atoms with Gasteiger partial charge in [-0.3, -0.25) is 4.79 Å². The van der Waals surface area contributed by atoms with Crippen molar-refractivity contribution in [2.24, 2.45) is 4.99 Å². The Morgan fingerprint density at radius 2 is 2.00 bits per heavy atom. The molecule has 1 amide bonds. The second-order valence-corrected chi connectivity index (χ2v) is 10.7. The summed E-state index contributed by atoms with van der Waals surface area (Å²) < 4.78 is 12.2. The number of halogens is 1. The number of thiophene rings is 1. The fourth-order valence-corrected chi connectivity index (χ4v) is 6.62. The fraction of sp³-hybridized carbons (Fsp3) is 0.520. The zero-order valence-electron chi connectivity index (χ0n) is 18.8. The average molecular weight is 567 g/mol. The van der Waals surface area contributed by atoms with Crippen LogP contribution in [-0.4, -0.2) is 31.9 Å². The molecule has 7 heteroatoms. The highest BCUT2D eigenvalue weighted by Gasteiger charge is 2.27. The van der Waals surface area contributed by atoms with Crippen LogP contribution in [0.2, 0.25) is 0 Å². The van der Waals surface area contributed by atoms with Crippen LogP contribution < -0.4 is 14.8 Å². The van der Waals surface area contributed by atoms with Crippen LogP contribution in [0.4, 0.5) is 5.00 Å². The van der Waals surface area contributed by atoms with E-state index in [4.69, 9.17) is 14.5 Å². The first-order chi connectivity index (χ1) is 15.6. The van der Waals surface area contributed by atoms with Gasteiger partial charge in [-0.2, -0.15) is 0 Å². The van der Waals surface area contributed by atoms with Crippen molar-refractivity contribution in [3.05, 3.63) is 37.3 Å². The Hall–Kier alpha value is -1.61. The van der Waals surface area contributed by atoms with Gasteiger partial charge in [-0.15, -0.1) is 11.3 Å². The number of carbonyl (C=O) groups is 1. The predicted molar refractivity (Wildman–Crippen MR) is 139 cm³/mol. The van der Waals surface area contributed by atoms with Crippen LogP contribution >= 0.6 is 33.9 Å². The van der Waals surface area contributed by atoms with Crippen molar-refractivity contribution in [1.29, 1.82) is 0 Å². The maximum atomic E-state index is 13.3. The first-order valence-corrected chi connectivity index (χ1v) is 13.5. The summed E-state index contributed by atoms with van der Waals surface area (Å²) in [7, 11) is 1.65. The molecule has 2 aromatic rings. The molecule has 0 saturated heterocycles. The highest BCUT2D eigenvalue weighted by Crippen LogP contribution is 2.40. The molecule has 1 heterocycles. The lowest BCUT2D eigenvalue weighted by molar-refractivity contribution is 0.0927. The van der Waals surface area contributed by atoms with Gasteiger partial charge in [0.2, 0.25) is 0 Å². The van der Waals surface area contributed by atoms with Crippen LogP contribution in [0.1, 0.15) is 78.2 Å². The van der Waals surface area contributed by atoms with E-state index in [1.807, 2.05) is 25.3 Å². The highest BCUT2D eigenvalue weighted by atomic mass is 127. The van der Waals surface area contributed by atoms with E-state index in [9.17, 15) is 4.79 Å². The van der Waals surface area contributed by atoms with Crippen molar-refractivity contribution in [1.82, 2.24) is 5.32 Å². The molecule has 172 valence electrons. The Morgan fingerprint density at radius 3 is 2.75 bits per heavy atom. The summed E-state index contributed by atoms with van der Waals surface area (Å²) in [6.45, 7) is 2.55. The highest BCUT2D eigenvalue weighted by molar-refractivity contribution is 14.1. The largest absolute Gasteiger partial charge is 0.493 e. The van der Waals surface area contributed by atoms with E-state index in [1.54, 1.807) is 18.4 Å². The molecule has 2 aliphatic carbocycles. The molecule has 1 aromatic heterocycles. The molecule has 2 aliphatic rings. The number of fused-ring (bicyclic) bond motifs is 1. The molecule has 32 heavy (non-hydrogen) atoms. The van der Waals surface area contributed by atoms with E-state index < -0.39 is 0 Å². The minimum Gasteiger partial charge on any atom is -0.493 e. The van der Waals surface area contributed by atoms with Crippen LogP contribution in [0.3, 0.4) is 0 Å². The number of nitrogens with one attached hydrogen (secondary N) is 1. The molecule has 0 radical (unpaired) electrons. The minimum absolute atomic E-state index is 0.0577. The van der Waals surface area contributed by atoms with Crippen LogP contribution in [-0.2, 0) is 12.8 Å². The molecule has 0 unspecified atom stereocenters. The molecule has 1 aromatic carbocycles.